The maximum Gasteiger partial charge on any atom is 0.407 e. The number of benzene rings is 2. The summed E-state index contributed by atoms with van der Waals surface area (Å²) in [6.07, 6.45) is 0.833. The highest BCUT2D eigenvalue weighted by molar-refractivity contribution is 5.90. The van der Waals surface area contributed by atoms with Crippen LogP contribution in [0.5, 0.6) is 0 Å². The summed E-state index contributed by atoms with van der Waals surface area (Å²) in [5.41, 5.74) is 14.6. The van der Waals surface area contributed by atoms with Crippen LogP contribution in [-0.4, -0.2) is 108 Å². The van der Waals surface area contributed by atoms with Gasteiger partial charge in [-0.3, -0.25) is 33.6 Å². The van der Waals surface area contributed by atoms with Crippen LogP contribution < -0.4 is 48.8 Å². The predicted molar refractivity (Wildman–Crippen MR) is 258 cm³/mol. The molecule has 2 rings (SSSR count). The lowest BCUT2D eigenvalue weighted by Gasteiger charge is -2.21. The van der Waals surface area contributed by atoms with Crippen molar-refractivity contribution in [3.63, 3.8) is 0 Å². The molecule has 0 aromatic heterocycles. The third kappa shape index (κ3) is 27.0. The number of nitrogens with zero attached hydrogens (tertiary/aromatic N) is 2. The summed E-state index contributed by atoms with van der Waals surface area (Å²) in [6, 6.07) is 14.1. The number of hydrogen-bond acceptors (Lipinski definition) is 14. The molecule has 23 heteroatoms. The van der Waals surface area contributed by atoms with Crippen molar-refractivity contribution in [3.8, 4) is 0 Å². The number of unbranched alkanes of at least 4 members (excludes halogenated alkanes) is 1. The molecule has 0 aliphatic rings. The number of amides is 6. The van der Waals surface area contributed by atoms with Crippen molar-refractivity contribution in [2.45, 2.75) is 148 Å². The number of ether oxygens (including phenoxy) is 2. The van der Waals surface area contributed by atoms with Gasteiger partial charge in [-0.1, -0.05) is 72.5 Å². The van der Waals surface area contributed by atoms with Crippen molar-refractivity contribution < 1.29 is 52.9 Å². The number of Topliss-reactive ketones (excluding diaryl/α,β-unsaturated/α-hetero) is 1. The first-order chi connectivity index (χ1) is 33.2. The first kappa shape index (κ1) is 59.0. The predicted octanol–water partition coefficient (Wildman–Crippen LogP) is 1.69. The van der Waals surface area contributed by atoms with Gasteiger partial charge in [0.25, 0.3) is 5.96 Å². The molecule has 0 aliphatic carbocycles. The fourth-order valence-corrected chi connectivity index (χ4v) is 6.89. The maximum atomic E-state index is 13.2. The highest BCUT2D eigenvalue weighted by Gasteiger charge is 2.26. The average Bonchev–Trinajstić information content (AvgIpc) is 3.28. The molecule has 7 atom stereocenters. The monoisotopic (exact) mass is 982 g/mol. The van der Waals surface area contributed by atoms with Crippen molar-refractivity contribution >= 4 is 53.3 Å². The van der Waals surface area contributed by atoms with Gasteiger partial charge >= 0.3 is 12.1 Å². The minimum atomic E-state index is -0.983. The molecule has 0 aliphatic heterocycles. The summed E-state index contributed by atoms with van der Waals surface area (Å²) < 4.78 is 10.8. The van der Waals surface area contributed by atoms with Gasteiger partial charge in [0.2, 0.25) is 29.5 Å². The van der Waals surface area contributed by atoms with Crippen LogP contribution in [0.15, 0.2) is 65.7 Å². The van der Waals surface area contributed by atoms with E-state index in [1.165, 1.54) is 6.92 Å². The number of guanidine groups is 1. The number of ketones is 1. The molecule has 386 valence electrons. The number of esters is 1. The standard InChI is InChI=1S/C47H71N11O12/c1-30(23-38(59)27-37(45(65)69-28-35-15-8-6-9-16-35)19-12-13-21-51-47(66)70-29-36-17-10-7-11-18-36)52-40(60)24-31(2)53-41(61)25-32(3)54-42(62)26-33(4)55-43(63)34(5)56-44(64)39(48)20-14-22-50-46(49)57-58(67)68/h6-11,15-18,30-34,37,39H,12-14,19-29,48H2,1-5H3,(H,51,66)(H,52,60)(H,53,61)(H,54,62)(H,55,63)(H,56,64)(H3,49,50,57)/t30-,31-,32-,33-,34+,37-,39+/m1/s1. The van der Waals surface area contributed by atoms with E-state index in [2.05, 4.69) is 36.9 Å². The Bertz CT molecular complexity index is 2040. The Morgan fingerprint density at radius 3 is 1.66 bits per heavy atom. The van der Waals surface area contributed by atoms with Gasteiger partial charge in [0, 0.05) is 69.4 Å². The molecular formula is C47H71N11O12. The molecule has 6 amide bonds. The van der Waals surface area contributed by atoms with E-state index in [9.17, 15) is 48.5 Å². The van der Waals surface area contributed by atoms with Crippen LogP contribution in [0.3, 0.4) is 0 Å². The second kappa shape index (κ2) is 32.6. The first-order valence-corrected chi connectivity index (χ1v) is 23.3. The number of carbonyl (C=O) groups excluding carboxylic acids is 8. The highest BCUT2D eigenvalue weighted by Crippen LogP contribution is 2.18. The first-order valence-electron chi connectivity index (χ1n) is 23.3. The summed E-state index contributed by atoms with van der Waals surface area (Å²) in [5, 5.41) is 25.5. The molecule has 0 heterocycles. The normalized spacial score (nSPS) is 14.1. The average molecular weight is 982 g/mol. The van der Waals surface area contributed by atoms with E-state index >= 15 is 0 Å². The highest BCUT2D eigenvalue weighted by atomic mass is 16.7. The number of rotatable bonds is 32. The largest absolute Gasteiger partial charge is 0.461 e. The molecule has 0 fully saturated rings. The van der Waals surface area contributed by atoms with Gasteiger partial charge in [-0.15, -0.1) is 0 Å². The van der Waals surface area contributed by atoms with Crippen molar-refractivity contribution in [2.24, 2.45) is 22.4 Å². The molecule has 2 aromatic carbocycles. The molecule has 0 unspecified atom stereocenters. The number of carbonyl (C=O) groups is 8. The van der Waals surface area contributed by atoms with Gasteiger partial charge in [0.15, 0.2) is 5.03 Å². The van der Waals surface area contributed by atoms with Crippen LogP contribution in [0.25, 0.3) is 0 Å². The van der Waals surface area contributed by atoms with Crippen LogP contribution in [0.2, 0.25) is 0 Å². The molecule has 0 spiro atoms. The van der Waals surface area contributed by atoms with Gasteiger partial charge in [-0.25, -0.2) is 19.9 Å². The molecule has 0 bridgehead atoms. The zero-order chi connectivity index (χ0) is 52.0. The Morgan fingerprint density at radius 1 is 0.629 bits per heavy atom. The fraction of sp³-hybridized carbons (Fsp3) is 0.553. The smallest absolute Gasteiger partial charge is 0.407 e. The van der Waals surface area contributed by atoms with E-state index in [0.29, 0.717) is 32.2 Å². The topological polar surface area (TPSA) is 347 Å². The Labute approximate surface area is 408 Å². The molecular weight excluding hydrogens is 911 g/mol. The summed E-state index contributed by atoms with van der Waals surface area (Å²) in [4.78, 5) is 116. The number of hydrazine groups is 1. The van der Waals surface area contributed by atoms with Gasteiger partial charge in [-0.05, 0) is 71.4 Å². The third-order valence-electron chi connectivity index (χ3n) is 10.4. The minimum Gasteiger partial charge on any atom is -0.461 e. The number of aliphatic imine (C=N–C) groups is 1. The van der Waals surface area contributed by atoms with Gasteiger partial charge in [0.1, 0.15) is 25.0 Å². The zero-order valence-corrected chi connectivity index (χ0v) is 40.7. The van der Waals surface area contributed by atoms with Gasteiger partial charge < -0.3 is 52.8 Å². The summed E-state index contributed by atoms with van der Waals surface area (Å²) in [5.74, 6) is -4.33. The summed E-state index contributed by atoms with van der Waals surface area (Å²) >= 11 is 0. The van der Waals surface area contributed by atoms with Gasteiger partial charge in [0.05, 0.1) is 12.0 Å². The number of nitrogens with one attached hydrogen (secondary N) is 7. The quantitative estimate of drug-likeness (QED) is 0.0126. The van der Waals surface area contributed by atoms with Crippen LogP contribution in [-0.2, 0) is 56.2 Å². The minimum absolute atomic E-state index is 0.0430. The van der Waals surface area contributed by atoms with E-state index in [-0.39, 0.29) is 70.0 Å². The molecule has 70 heavy (non-hydrogen) atoms. The van der Waals surface area contributed by atoms with Crippen molar-refractivity contribution in [1.82, 2.24) is 37.3 Å². The summed E-state index contributed by atoms with van der Waals surface area (Å²) in [6.45, 7) is 8.56. The van der Waals surface area contributed by atoms with Crippen LogP contribution in [0.4, 0.5) is 4.79 Å². The van der Waals surface area contributed by atoms with E-state index in [4.69, 9.17) is 20.9 Å². The number of hydrogen-bond donors (Lipinski definition) is 9. The lowest BCUT2D eigenvalue weighted by molar-refractivity contribution is -0.525. The van der Waals surface area contributed by atoms with Crippen molar-refractivity contribution in [2.75, 3.05) is 13.1 Å². The Balaban J connectivity index is 1.72. The molecule has 11 N–H and O–H groups in total. The number of alkyl carbamates (subject to hydrolysis) is 1. The van der Waals surface area contributed by atoms with E-state index in [1.807, 2.05) is 60.7 Å². The number of nitrogens with two attached hydrogens (primary N) is 2. The second-order valence-electron chi connectivity index (χ2n) is 17.3. The Hall–Kier alpha value is -7.17. The number of nitro groups is 1. The zero-order valence-electron chi connectivity index (χ0n) is 40.7. The Morgan fingerprint density at radius 2 is 1.13 bits per heavy atom. The van der Waals surface area contributed by atoms with Crippen LogP contribution in [0, 0.1) is 16.0 Å². The van der Waals surface area contributed by atoms with Crippen LogP contribution in [0.1, 0.15) is 110 Å². The fourth-order valence-electron chi connectivity index (χ4n) is 6.89. The van der Waals surface area contributed by atoms with E-state index < -0.39 is 88.8 Å². The summed E-state index contributed by atoms with van der Waals surface area (Å²) in [7, 11) is 0. The van der Waals surface area contributed by atoms with E-state index in [0.717, 1.165) is 11.1 Å². The van der Waals surface area contributed by atoms with Crippen molar-refractivity contribution in [3.05, 3.63) is 81.9 Å². The lowest BCUT2D eigenvalue weighted by atomic mass is 9.94. The SMILES string of the molecule is C[C@H](CC(=O)C[C@@H](CCCCNC(=O)OCc1ccccc1)C(=O)OCc1ccccc1)NC(=O)C[C@@H](C)NC(=O)C[C@@H](C)NC(=O)C[C@@H](C)NC(=O)[C@H](C)NC(=O)[C@@H](N)CCCN=C(N)N[N+](=O)[O-]. The molecule has 0 saturated heterocycles. The van der Waals surface area contributed by atoms with E-state index in [1.54, 1.807) is 33.1 Å². The molecule has 23 nitrogen and oxygen atoms in total. The maximum absolute atomic E-state index is 13.2. The van der Waals surface area contributed by atoms with Crippen LogP contribution >= 0.6 is 0 Å². The Kier molecular flexibility index (Phi) is 27.4. The van der Waals surface area contributed by atoms with Crippen molar-refractivity contribution in [1.29, 1.82) is 0 Å². The van der Waals surface area contributed by atoms with Gasteiger partial charge in [-0.2, -0.15) is 0 Å². The second-order valence-corrected chi connectivity index (χ2v) is 17.3. The molecule has 2 aromatic rings. The molecule has 0 saturated carbocycles. The lowest BCUT2D eigenvalue weighted by Crippen LogP contribution is -2.52. The molecule has 0 radical (unpaired) electrons. The third-order valence-corrected chi connectivity index (χ3v) is 10.4.